The van der Waals surface area contributed by atoms with Gasteiger partial charge < -0.3 is 24.1 Å². The smallest absolute Gasteiger partial charge is 0.200 e. The average molecular weight is 434 g/mol. The quantitative estimate of drug-likeness (QED) is 0.533. The molecule has 0 saturated carbocycles. The highest BCUT2D eigenvalue weighted by atomic mass is 16.5. The molecule has 3 aromatic rings. The fourth-order valence-corrected chi connectivity index (χ4v) is 3.84. The SMILES string of the molecule is C=C(C)C1Cc2c(oc3cc(OC)c(/C=C/C(C)C)c(O)c3c2=O)-c2ccc(O)cc2O1. The van der Waals surface area contributed by atoms with E-state index >= 15 is 0 Å². The Hall–Kier alpha value is -3.67. The molecule has 32 heavy (non-hydrogen) atoms. The molecule has 2 heterocycles. The summed E-state index contributed by atoms with van der Waals surface area (Å²) in [6, 6.07) is 6.26. The van der Waals surface area contributed by atoms with Crippen molar-refractivity contribution in [1.82, 2.24) is 0 Å². The third-order valence-corrected chi connectivity index (χ3v) is 5.54. The van der Waals surface area contributed by atoms with Crippen LogP contribution in [0.2, 0.25) is 0 Å². The van der Waals surface area contributed by atoms with Crippen LogP contribution >= 0.6 is 0 Å². The van der Waals surface area contributed by atoms with E-state index in [1.807, 2.05) is 26.8 Å². The number of benzene rings is 2. The maximum Gasteiger partial charge on any atom is 0.200 e. The summed E-state index contributed by atoms with van der Waals surface area (Å²) in [5.74, 6) is 1.23. The lowest BCUT2D eigenvalue weighted by molar-refractivity contribution is 0.241. The molecular formula is C26H26O6. The lowest BCUT2D eigenvalue weighted by Crippen LogP contribution is -2.23. The van der Waals surface area contributed by atoms with Crippen LogP contribution in [0.1, 0.15) is 31.9 Å². The van der Waals surface area contributed by atoms with E-state index in [4.69, 9.17) is 13.9 Å². The molecule has 1 aliphatic heterocycles. The molecule has 1 atom stereocenters. The predicted molar refractivity (Wildman–Crippen MR) is 125 cm³/mol. The predicted octanol–water partition coefficient (Wildman–Crippen LogP) is 5.43. The number of hydrogen-bond acceptors (Lipinski definition) is 6. The molecule has 2 N–H and O–H groups in total. The minimum absolute atomic E-state index is 0.0386. The van der Waals surface area contributed by atoms with Crippen LogP contribution in [-0.2, 0) is 6.42 Å². The van der Waals surface area contributed by atoms with Gasteiger partial charge in [-0.3, -0.25) is 4.79 Å². The lowest BCUT2D eigenvalue weighted by atomic mass is 9.97. The van der Waals surface area contributed by atoms with Crippen LogP contribution in [0, 0.1) is 5.92 Å². The number of ether oxygens (including phenoxy) is 2. The normalized spacial score (nSPS) is 15.3. The monoisotopic (exact) mass is 434 g/mol. The van der Waals surface area contributed by atoms with Gasteiger partial charge in [-0.15, -0.1) is 0 Å². The van der Waals surface area contributed by atoms with Gasteiger partial charge in [-0.25, -0.2) is 0 Å². The average Bonchev–Trinajstić information content (AvgIpc) is 2.89. The number of phenolic OH excluding ortho intramolecular Hbond substituents is 2. The molecule has 0 saturated heterocycles. The van der Waals surface area contributed by atoms with Crippen molar-refractivity contribution < 1.29 is 24.1 Å². The molecule has 6 heteroatoms. The number of fused-ring (bicyclic) bond motifs is 4. The Bertz CT molecular complexity index is 1310. The molecule has 4 rings (SSSR count). The van der Waals surface area contributed by atoms with Gasteiger partial charge in [0.25, 0.3) is 0 Å². The van der Waals surface area contributed by atoms with Gasteiger partial charge in [-0.1, -0.05) is 32.6 Å². The Kier molecular flexibility index (Phi) is 5.46. The highest BCUT2D eigenvalue weighted by molar-refractivity contribution is 5.92. The van der Waals surface area contributed by atoms with Crippen molar-refractivity contribution in [2.45, 2.75) is 33.3 Å². The van der Waals surface area contributed by atoms with E-state index in [1.54, 1.807) is 18.2 Å². The van der Waals surface area contributed by atoms with E-state index in [-0.39, 0.29) is 40.2 Å². The Balaban J connectivity index is 2.07. The van der Waals surface area contributed by atoms with Gasteiger partial charge in [0.2, 0.25) is 0 Å². The van der Waals surface area contributed by atoms with Gasteiger partial charge in [0.1, 0.15) is 45.8 Å². The molecule has 0 radical (unpaired) electrons. The fraction of sp³-hybridized carbons (Fsp3) is 0.269. The molecule has 6 nitrogen and oxygen atoms in total. The van der Waals surface area contributed by atoms with Gasteiger partial charge >= 0.3 is 0 Å². The zero-order chi connectivity index (χ0) is 23.2. The summed E-state index contributed by atoms with van der Waals surface area (Å²) in [6.45, 7) is 9.83. The Morgan fingerprint density at radius 3 is 2.69 bits per heavy atom. The topological polar surface area (TPSA) is 89.1 Å². The zero-order valence-corrected chi connectivity index (χ0v) is 18.6. The van der Waals surface area contributed by atoms with Gasteiger partial charge in [-0.2, -0.15) is 0 Å². The third kappa shape index (κ3) is 3.62. The first-order valence-electron chi connectivity index (χ1n) is 10.4. The Labute approximate surface area is 186 Å². The van der Waals surface area contributed by atoms with Crippen LogP contribution in [0.15, 0.2) is 51.7 Å². The second-order valence-electron chi connectivity index (χ2n) is 8.39. The molecule has 0 fully saturated rings. The third-order valence-electron chi connectivity index (χ3n) is 5.54. The van der Waals surface area contributed by atoms with E-state index in [0.717, 1.165) is 5.57 Å². The van der Waals surface area contributed by atoms with Crippen LogP contribution in [0.25, 0.3) is 28.4 Å². The first kappa shape index (κ1) is 21.6. The maximum absolute atomic E-state index is 13.7. The summed E-state index contributed by atoms with van der Waals surface area (Å²) >= 11 is 0. The second kappa shape index (κ2) is 8.11. The van der Waals surface area contributed by atoms with Crippen molar-refractivity contribution >= 4 is 17.0 Å². The second-order valence-corrected chi connectivity index (χ2v) is 8.39. The summed E-state index contributed by atoms with van der Waals surface area (Å²) in [5.41, 5.74) is 1.95. The van der Waals surface area contributed by atoms with Crippen LogP contribution < -0.4 is 14.9 Å². The minimum atomic E-state index is -0.488. The highest BCUT2D eigenvalue weighted by Crippen LogP contribution is 2.43. The molecule has 1 unspecified atom stereocenters. The van der Waals surface area contributed by atoms with Gasteiger partial charge in [0.05, 0.1) is 18.2 Å². The van der Waals surface area contributed by atoms with Crippen molar-refractivity contribution in [2.75, 3.05) is 7.11 Å². The Morgan fingerprint density at radius 1 is 1.28 bits per heavy atom. The van der Waals surface area contributed by atoms with E-state index in [2.05, 4.69) is 6.58 Å². The highest BCUT2D eigenvalue weighted by Gasteiger charge is 2.29. The summed E-state index contributed by atoms with van der Waals surface area (Å²) < 4.78 is 17.7. The molecule has 1 aromatic heterocycles. The van der Waals surface area contributed by atoms with Crippen LogP contribution in [0.4, 0.5) is 0 Å². The number of aromatic hydroxyl groups is 2. The maximum atomic E-state index is 13.7. The van der Waals surface area contributed by atoms with Gasteiger partial charge in [0, 0.05) is 24.1 Å². The summed E-state index contributed by atoms with van der Waals surface area (Å²) in [5, 5.41) is 21.1. The van der Waals surface area contributed by atoms with E-state index in [1.165, 1.54) is 19.2 Å². The largest absolute Gasteiger partial charge is 0.508 e. The number of allylic oxidation sites excluding steroid dienone is 1. The van der Waals surface area contributed by atoms with E-state index in [0.29, 0.717) is 33.9 Å². The number of phenols is 2. The molecule has 2 aromatic carbocycles. The summed E-state index contributed by atoms with van der Waals surface area (Å²) in [4.78, 5) is 13.7. The van der Waals surface area contributed by atoms with Crippen LogP contribution in [0.5, 0.6) is 23.0 Å². The van der Waals surface area contributed by atoms with E-state index < -0.39 is 6.10 Å². The van der Waals surface area contributed by atoms with Crippen molar-refractivity contribution in [3.8, 4) is 34.3 Å². The molecule has 166 valence electrons. The molecule has 0 amide bonds. The molecule has 0 bridgehead atoms. The molecule has 1 aliphatic rings. The van der Waals surface area contributed by atoms with Crippen molar-refractivity contribution in [3.63, 3.8) is 0 Å². The van der Waals surface area contributed by atoms with Crippen LogP contribution in [-0.4, -0.2) is 23.4 Å². The molecule has 0 spiro atoms. The standard InChI is InChI=1S/C26H26O6/c1-13(2)6-8-16-20(30-5)12-22-23(24(16)28)25(29)18-11-19(14(3)4)31-21-10-15(27)7-9-17(21)26(18)32-22/h6-10,12-13,19,27-28H,3,11H2,1-2,4-5H3/b8-6+. The summed E-state index contributed by atoms with van der Waals surface area (Å²) in [6.07, 6.45) is 3.41. The Morgan fingerprint density at radius 2 is 2.03 bits per heavy atom. The van der Waals surface area contributed by atoms with Crippen LogP contribution in [0.3, 0.4) is 0 Å². The number of methoxy groups -OCH3 is 1. The molecular weight excluding hydrogens is 408 g/mol. The first-order chi connectivity index (χ1) is 15.2. The van der Waals surface area contributed by atoms with Crippen molar-refractivity contribution in [2.24, 2.45) is 5.92 Å². The number of rotatable bonds is 4. The fourth-order valence-electron chi connectivity index (χ4n) is 3.84. The first-order valence-corrected chi connectivity index (χ1v) is 10.4. The summed E-state index contributed by atoms with van der Waals surface area (Å²) in [7, 11) is 1.50. The van der Waals surface area contributed by atoms with Gasteiger partial charge in [-0.05, 0) is 30.5 Å². The van der Waals surface area contributed by atoms with Gasteiger partial charge in [0.15, 0.2) is 5.43 Å². The number of hydrogen-bond donors (Lipinski definition) is 2. The van der Waals surface area contributed by atoms with Crippen molar-refractivity contribution in [1.29, 1.82) is 0 Å². The molecule has 0 aliphatic carbocycles. The van der Waals surface area contributed by atoms with E-state index in [9.17, 15) is 15.0 Å². The minimum Gasteiger partial charge on any atom is -0.508 e. The zero-order valence-electron chi connectivity index (χ0n) is 18.6. The lowest BCUT2D eigenvalue weighted by Gasteiger charge is -2.17. The van der Waals surface area contributed by atoms with Crippen molar-refractivity contribution in [3.05, 3.63) is 63.8 Å².